The summed E-state index contributed by atoms with van der Waals surface area (Å²) in [6.07, 6.45) is 0.684. The fourth-order valence-corrected chi connectivity index (χ4v) is 4.91. The van der Waals surface area contributed by atoms with E-state index < -0.39 is 0 Å². The number of piperazine rings is 1. The zero-order valence-corrected chi connectivity index (χ0v) is 22.4. The summed E-state index contributed by atoms with van der Waals surface area (Å²) >= 11 is 6.29. The molecule has 2 amide bonds. The van der Waals surface area contributed by atoms with Crippen molar-refractivity contribution < 1.29 is 9.59 Å². The molecule has 5 rings (SSSR count). The number of carbonyl (C=O) groups excluding carboxylic acids is 2. The molecule has 0 unspecified atom stereocenters. The van der Waals surface area contributed by atoms with Crippen molar-refractivity contribution in [1.82, 2.24) is 20.0 Å². The third-order valence-corrected chi connectivity index (χ3v) is 7.23. The number of carbonyl (C=O) groups is 2. The number of aromatic nitrogens is 2. The van der Waals surface area contributed by atoms with Gasteiger partial charge in [-0.2, -0.15) is 0 Å². The average molecular weight is 540 g/mol. The van der Waals surface area contributed by atoms with Crippen LogP contribution in [-0.4, -0.2) is 71.1 Å². The molecule has 0 N–H and O–H groups in total. The van der Waals surface area contributed by atoms with Crippen molar-refractivity contribution in [3.63, 3.8) is 0 Å². The number of halogens is 1. The van der Waals surface area contributed by atoms with Crippen LogP contribution >= 0.6 is 11.6 Å². The van der Waals surface area contributed by atoms with Crippen LogP contribution in [0.4, 0.5) is 5.82 Å². The summed E-state index contributed by atoms with van der Waals surface area (Å²) in [4.78, 5) is 32.2. The Hall–Kier alpha value is -4.23. The van der Waals surface area contributed by atoms with Crippen LogP contribution < -0.4 is 4.90 Å². The van der Waals surface area contributed by atoms with Crippen LogP contribution in [0.15, 0.2) is 97.1 Å². The molecule has 1 fully saturated rings. The molecule has 0 bridgehead atoms. The first kappa shape index (κ1) is 26.4. The van der Waals surface area contributed by atoms with Crippen molar-refractivity contribution in [2.75, 3.05) is 44.2 Å². The Morgan fingerprint density at radius 1 is 0.769 bits per heavy atom. The predicted octanol–water partition coefficient (Wildman–Crippen LogP) is 4.83. The lowest BCUT2D eigenvalue weighted by Crippen LogP contribution is -2.52. The minimum atomic E-state index is -0.132. The van der Waals surface area contributed by atoms with Crippen LogP contribution in [0.1, 0.15) is 15.9 Å². The molecule has 39 heavy (non-hydrogen) atoms. The Balaban J connectivity index is 1.20. The first-order valence-corrected chi connectivity index (χ1v) is 13.5. The zero-order valence-electron chi connectivity index (χ0n) is 21.6. The summed E-state index contributed by atoms with van der Waals surface area (Å²) in [5.41, 5.74) is 3.28. The van der Waals surface area contributed by atoms with Crippen LogP contribution in [0, 0.1) is 0 Å². The highest BCUT2D eigenvalue weighted by molar-refractivity contribution is 6.33. The maximum atomic E-state index is 13.3. The van der Waals surface area contributed by atoms with E-state index in [1.165, 1.54) is 0 Å². The standard InChI is InChI=1S/C31H30ClN5O2/c32-27-14-8-7-13-26(27)28-15-16-29(34-33-28)35-19-21-36(22-20-35)30(38)23-37(18-17-24-9-3-1-4-10-24)31(39)25-11-5-2-6-12-25/h1-16H,17-23H2. The molecule has 7 nitrogen and oxygen atoms in total. The van der Waals surface area contributed by atoms with Crippen LogP contribution in [0.5, 0.6) is 0 Å². The van der Waals surface area contributed by atoms with Crippen molar-refractivity contribution in [3.8, 4) is 11.3 Å². The maximum Gasteiger partial charge on any atom is 0.254 e. The van der Waals surface area contributed by atoms with Gasteiger partial charge in [-0.3, -0.25) is 9.59 Å². The molecule has 0 aliphatic carbocycles. The van der Waals surface area contributed by atoms with Crippen molar-refractivity contribution in [2.45, 2.75) is 6.42 Å². The number of amides is 2. The van der Waals surface area contributed by atoms with Gasteiger partial charge in [-0.15, -0.1) is 10.2 Å². The van der Waals surface area contributed by atoms with Crippen molar-refractivity contribution >= 4 is 29.2 Å². The van der Waals surface area contributed by atoms with E-state index in [0.717, 1.165) is 22.6 Å². The Morgan fingerprint density at radius 3 is 2.10 bits per heavy atom. The van der Waals surface area contributed by atoms with E-state index in [0.29, 0.717) is 49.7 Å². The Morgan fingerprint density at radius 2 is 1.44 bits per heavy atom. The molecule has 0 saturated carbocycles. The molecule has 0 spiro atoms. The molecule has 2 heterocycles. The third-order valence-electron chi connectivity index (χ3n) is 6.90. The van der Waals surface area contributed by atoms with Gasteiger partial charge in [0.05, 0.1) is 10.7 Å². The van der Waals surface area contributed by atoms with E-state index in [1.807, 2.05) is 89.8 Å². The van der Waals surface area contributed by atoms with E-state index in [9.17, 15) is 9.59 Å². The van der Waals surface area contributed by atoms with Gasteiger partial charge in [0.15, 0.2) is 5.82 Å². The van der Waals surface area contributed by atoms with Crippen LogP contribution in [0.3, 0.4) is 0 Å². The predicted molar refractivity (Wildman–Crippen MR) is 154 cm³/mol. The molecule has 1 aliphatic rings. The van der Waals surface area contributed by atoms with Crippen molar-refractivity contribution in [1.29, 1.82) is 0 Å². The smallest absolute Gasteiger partial charge is 0.254 e. The zero-order chi connectivity index (χ0) is 27.0. The second-order valence-corrected chi connectivity index (χ2v) is 9.86. The first-order valence-electron chi connectivity index (χ1n) is 13.1. The number of rotatable bonds is 8. The van der Waals surface area contributed by atoms with Gasteiger partial charge in [0.25, 0.3) is 5.91 Å². The van der Waals surface area contributed by atoms with Crippen LogP contribution in [-0.2, 0) is 11.2 Å². The largest absolute Gasteiger partial charge is 0.352 e. The van der Waals surface area contributed by atoms with Crippen LogP contribution in [0.25, 0.3) is 11.3 Å². The molecule has 1 aliphatic heterocycles. The molecular formula is C31H30ClN5O2. The van der Waals surface area contributed by atoms with Gasteiger partial charge in [0, 0.05) is 43.9 Å². The monoisotopic (exact) mass is 539 g/mol. The summed E-state index contributed by atoms with van der Waals surface area (Å²) in [5, 5.41) is 9.41. The number of anilines is 1. The highest BCUT2D eigenvalue weighted by atomic mass is 35.5. The fourth-order valence-electron chi connectivity index (χ4n) is 4.68. The third kappa shape index (κ3) is 6.62. The van der Waals surface area contributed by atoms with E-state index >= 15 is 0 Å². The second kappa shape index (κ2) is 12.5. The number of nitrogens with zero attached hydrogens (tertiary/aromatic N) is 5. The molecule has 0 radical (unpaired) electrons. The summed E-state index contributed by atoms with van der Waals surface area (Å²) in [6.45, 7) is 2.91. The van der Waals surface area contributed by atoms with Gasteiger partial charge >= 0.3 is 0 Å². The van der Waals surface area contributed by atoms with E-state index in [4.69, 9.17) is 11.6 Å². The topological polar surface area (TPSA) is 69.6 Å². The number of benzene rings is 3. The molecule has 4 aromatic rings. The van der Waals surface area contributed by atoms with Gasteiger partial charge in [-0.1, -0.05) is 78.3 Å². The van der Waals surface area contributed by atoms with Gasteiger partial charge < -0.3 is 14.7 Å². The van der Waals surface area contributed by atoms with E-state index in [2.05, 4.69) is 15.1 Å². The summed E-state index contributed by atoms with van der Waals surface area (Å²) in [5.74, 6) is 0.584. The van der Waals surface area contributed by atoms with Gasteiger partial charge in [0.2, 0.25) is 5.91 Å². The number of hydrogen-bond acceptors (Lipinski definition) is 5. The van der Waals surface area contributed by atoms with E-state index in [-0.39, 0.29) is 18.4 Å². The maximum absolute atomic E-state index is 13.3. The lowest BCUT2D eigenvalue weighted by molar-refractivity contribution is -0.132. The fraction of sp³-hybridized carbons (Fsp3) is 0.226. The highest BCUT2D eigenvalue weighted by Gasteiger charge is 2.26. The summed E-state index contributed by atoms with van der Waals surface area (Å²) < 4.78 is 0. The SMILES string of the molecule is O=C(CN(CCc1ccccc1)C(=O)c1ccccc1)N1CCN(c2ccc(-c3ccccc3Cl)nn2)CC1. The highest BCUT2D eigenvalue weighted by Crippen LogP contribution is 2.26. The van der Waals surface area contributed by atoms with Gasteiger partial charge in [0.1, 0.15) is 6.54 Å². The normalized spacial score (nSPS) is 13.3. The van der Waals surface area contributed by atoms with Crippen LogP contribution in [0.2, 0.25) is 5.02 Å². The molecule has 1 aromatic heterocycles. The van der Waals surface area contributed by atoms with Gasteiger partial charge in [-0.05, 0) is 42.3 Å². The summed E-state index contributed by atoms with van der Waals surface area (Å²) in [6, 6.07) is 30.6. The minimum absolute atomic E-state index is 0.0485. The van der Waals surface area contributed by atoms with E-state index in [1.54, 1.807) is 17.0 Å². The molecule has 198 valence electrons. The Kier molecular flexibility index (Phi) is 8.48. The first-order chi connectivity index (χ1) is 19.1. The second-order valence-electron chi connectivity index (χ2n) is 9.45. The lowest BCUT2D eigenvalue weighted by Gasteiger charge is -2.36. The lowest BCUT2D eigenvalue weighted by atomic mass is 10.1. The van der Waals surface area contributed by atoms with Crippen molar-refractivity contribution in [2.24, 2.45) is 0 Å². The molecule has 8 heteroatoms. The molecule has 1 saturated heterocycles. The quantitative estimate of drug-likeness (QED) is 0.321. The minimum Gasteiger partial charge on any atom is -0.352 e. The average Bonchev–Trinajstić information content (AvgIpc) is 3.00. The Labute approximate surface area is 233 Å². The number of hydrogen-bond donors (Lipinski definition) is 0. The van der Waals surface area contributed by atoms with Crippen molar-refractivity contribution in [3.05, 3.63) is 113 Å². The summed E-state index contributed by atoms with van der Waals surface area (Å²) in [7, 11) is 0. The van der Waals surface area contributed by atoms with Gasteiger partial charge in [-0.25, -0.2) is 0 Å². The molecule has 3 aromatic carbocycles. The molecular weight excluding hydrogens is 510 g/mol. The molecule has 0 atom stereocenters. The Bertz CT molecular complexity index is 1390.